The largest absolute Gasteiger partial charge is 0.348 e. The Kier molecular flexibility index (Phi) is 5.09. The predicted molar refractivity (Wildman–Crippen MR) is 65.5 cm³/mol. The lowest BCUT2D eigenvalue weighted by atomic mass is 10.1. The van der Waals surface area contributed by atoms with Gasteiger partial charge in [0.2, 0.25) is 5.82 Å². The molecule has 1 aromatic heterocycles. The molecule has 0 saturated heterocycles. The molecule has 1 aromatic rings. The fraction of sp³-hybridized carbons (Fsp3) is 0.727. The number of nitrogens with two attached hydrogens (primary N) is 1. The van der Waals surface area contributed by atoms with Crippen molar-refractivity contribution in [2.24, 2.45) is 11.7 Å². The lowest BCUT2D eigenvalue weighted by molar-refractivity contribution is 0.0939. The zero-order valence-corrected chi connectivity index (χ0v) is 10.7. The predicted octanol–water partition coefficient (Wildman–Crippen LogP) is 0.470. The van der Waals surface area contributed by atoms with Gasteiger partial charge in [0.15, 0.2) is 0 Å². The minimum Gasteiger partial charge on any atom is -0.348 e. The third-order valence-electron chi connectivity index (χ3n) is 2.58. The van der Waals surface area contributed by atoms with Gasteiger partial charge < -0.3 is 11.1 Å². The summed E-state index contributed by atoms with van der Waals surface area (Å²) in [7, 11) is 0. The fourth-order valence-electron chi connectivity index (χ4n) is 1.27. The molecule has 0 aliphatic carbocycles. The van der Waals surface area contributed by atoms with Crippen LogP contribution in [0.2, 0.25) is 0 Å². The molecule has 1 heterocycles. The summed E-state index contributed by atoms with van der Waals surface area (Å²) < 4.78 is 0. The van der Waals surface area contributed by atoms with Gasteiger partial charge in [0.1, 0.15) is 5.82 Å². The van der Waals surface area contributed by atoms with Crippen LogP contribution in [0.25, 0.3) is 0 Å². The van der Waals surface area contributed by atoms with E-state index in [0.717, 1.165) is 18.7 Å². The van der Waals surface area contributed by atoms with Gasteiger partial charge in [0.05, 0.1) is 0 Å². The maximum atomic E-state index is 11.7. The summed E-state index contributed by atoms with van der Waals surface area (Å²) in [4.78, 5) is 15.8. The molecule has 96 valence electrons. The molecule has 0 spiro atoms. The zero-order valence-electron chi connectivity index (χ0n) is 10.7. The highest BCUT2D eigenvalue weighted by Gasteiger charge is 2.14. The van der Waals surface area contributed by atoms with Crippen LogP contribution < -0.4 is 11.1 Å². The summed E-state index contributed by atoms with van der Waals surface area (Å²) in [5, 5.41) is 9.34. The van der Waals surface area contributed by atoms with E-state index in [1.54, 1.807) is 0 Å². The summed E-state index contributed by atoms with van der Waals surface area (Å²) in [6, 6.07) is -0.0481. The van der Waals surface area contributed by atoms with Crippen molar-refractivity contribution in [2.45, 2.75) is 39.7 Å². The van der Waals surface area contributed by atoms with Crippen molar-refractivity contribution in [1.29, 1.82) is 0 Å². The van der Waals surface area contributed by atoms with Crippen LogP contribution in [0.4, 0.5) is 0 Å². The number of hydrogen-bond acceptors (Lipinski definition) is 4. The van der Waals surface area contributed by atoms with Crippen molar-refractivity contribution in [3.8, 4) is 0 Å². The molecule has 1 unspecified atom stereocenters. The van der Waals surface area contributed by atoms with Gasteiger partial charge in [-0.25, -0.2) is 4.98 Å². The first-order valence-corrected chi connectivity index (χ1v) is 5.99. The molecule has 17 heavy (non-hydrogen) atoms. The van der Waals surface area contributed by atoms with Gasteiger partial charge in [-0.2, -0.15) is 0 Å². The lowest BCUT2D eigenvalue weighted by Gasteiger charge is -2.15. The normalized spacial score (nSPS) is 12.8. The highest BCUT2D eigenvalue weighted by Crippen LogP contribution is 1.98. The van der Waals surface area contributed by atoms with Gasteiger partial charge in [0, 0.05) is 19.0 Å². The Morgan fingerprint density at radius 3 is 2.82 bits per heavy atom. The molecule has 0 fully saturated rings. The van der Waals surface area contributed by atoms with Crippen LogP contribution in [0.5, 0.6) is 0 Å². The van der Waals surface area contributed by atoms with E-state index in [1.807, 2.05) is 20.8 Å². The van der Waals surface area contributed by atoms with E-state index in [1.165, 1.54) is 0 Å². The van der Waals surface area contributed by atoms with Crippen LogP contribution >= 0.6 is 0 Å². The fourth-order valence-corrected chi connectivity index (χ4v) is 1.27. The molecule has 0 bridgehead atoms. The number of nitrogens with one attached hydrogen (secondary N) is 2. The second kappa shape index (κ2) is 6.34. The van der Waals surface area contributed by atoms with Crippen LogP contribution in [0.15, 0.2) is 0 Å². The number of aromatic amines is 1. The van der Waals surface area contributed by atoms with E-state index < -0.39 is 0 Å². The zero-order chi connectivity index (χ0) is 12.8. The van der Waals surface area contributed by atoms with E-state index in [0.29, 0.717) is 12.5 Å². The number of aromatic nitrogens is 3. The van der Waals surface area contributed by atoms with Crippen LogP contribution in [0.3, 0.4) is 0 Å². The Morgan fingerprint density at radius 2 is 2.24 bits per heavy atom. The molecule has 1 atom stereocenters. The van der Waals surface area contributed by atoms with Crippen molar-refractivity contribution < 1.29 is 4.79 Å². The van der Waals surface area contributed by atoms with Crippen molar-refractivity contribution in [3.05, 3.63) is 11.6 Å². The standard InChI is InChI=1S/C11H21N5O/c1-4-5-9-14-10(16-15-9)11(17)13-6-8(12)7(2)3/h7-8H,4-6,12H2,1-3H3,(H,13,17)(H,14,15,16). The SMILES string of the molecule is CCCc1nc(C(=O)NCC(N)C(C)C)n[nH]1. The van der Waals surface area contributed by atoms with Crippen LogP contribution in [0.1, 0.15) is 43.6 Å². The number of rotatable bonds is 6. The van der Waals surface area contributed by atoms with Crippen molar-refractivity contribution in [1.82, 2.24) is 20.5 Å². The second-order valence-electron chi connectivity index (χ2n) is 4.47. The van der Waals surface area contributed by atoms with Gasteiger partial charge >= 0.3 is 0 Å². The van der Waals surface area contributed by atoms with Gasteiger partial charge in [-0.3, -0.25) is 9.89 Å². The highest BCUT2D eigenvalue weighted by atomic mass is 16.2. The van der Waals surface area contributed by atoms with E-state index >= 15 is 0 Å². The molecule has 0 radical (unpaired) electrons. The number of amides is 1. The number of H-pyrrole nitrogens is 1. The molecular formula is C11H21N5O. The summed E-state index contributed by atoms with van der Waals surface area (Å²) in [6.07, 6.45) is 1.76. The quantitative estimate of drug-likeness (QED) is 0.672. The molecule has 0 aliphatic heterocycles. The van der Waals surface area contributed by atoms with Crippen LogP contribution in [0, 0.1) is 5.92 Å². The molecule has 0 saturated carbocycles. The Bertz CT molecular complexity index is 360. The Balaban J connectivity index is 2.46. The molecule has 6 nitrogen and oxygen atoms in total. The first-order chi connectivity index (χ1) is 8.04. The van der Waals surface area contributed by atoms with Crippen LogP contribution in [-0.2, 0) is 6.42 Å². The van der Waals surface area contributed by atoms with Gasteiger partial charge in [-0.1, -0.05) is 20.8 Å². The number of carbonyl (C=O) groups excluding carboxylic acids is 1. The summed E-state index contributed by atoms with van der Waals surface area (Å²) in [5.41, 5.74) is 5.83. The number of nitrogens with zero attached hydrogens (tertiary/aromatic N) is 2. The topological polar surface area (TPSA) is 96.7 Å². The maximum absolute atomic E-state index is 11.7. The Hall–Kier alpha value is -1.43. The smallest absolute Gasteiger partial charge is 0.291 e. The molecular weight excluding hydrogens is 218 g/mol. The van der Waals surface area contributed by atoms with Crippen molar-refractivity contribution in [2.75, 3.05) is 6.54 Å². The van der Waals surface area contributed by atoms with Crippen LogP contribution in [-0.4, -0.2) is 33.7 Å². The van der Waals surface area contributed by atoms with Crippen molar-refractivity contribution >= 4 is 5.91 Å². The summed E-state index contributed by atoms with van der Waals surface area (Å²) in [5.74, 6) is 0.980. The van der Waals surface area contributed by atoms with E-state index in [4.69, 9.17) is 5.73 Å². The Morgan fingerprint density at radius 1 is 1.53 bits per heavy atom. The summed E-state index contributed by atoms with van der Waals surface area (Å²) in [6.45, 7) is 6.52. The molecule has 1 rings (SSSR count). The molecule has 1 amide bonds. The first-order valence-electron chi connectivity index (χ1n) is 5.99. The second-order valence-corrected chi connectivity index (χ2v) is 4.47. The summed E-state index contributed by atoms with van der Waals surface area (Å²) >= 11 is 0. The molecule has 0 aromatic carbocycles. The first kappa shape index (κ1) is 13.6. The molecule has 6 heteroatoms. The average Bonchev–Trinajstić information content (AvgIpc) is 2.74. The third kappa shape index (κ3) is 4.14. The molecule has 0 aliphatic rings. The minimum atomic E-state index is -0.278. The number of hydrogen-bond donors (Lipinski definition) is 3. The van der Waals surface area contributed by atoms with Gasteiger partial charge in [0.25, 0.3) is 5.91 Å². The van der Waals surface area contributed by atoms with E-state index in [2.05, 4.69) is 20.5 Å². The monoisotopic (exact) mass is 239 g/mol. The van der Waals surface area contributed by atoms with E-state index in [9.17, 15) is 4.79 Å². The van der Waals surface area contributed by atoms with Gasteiger partial charge in [-0.15, -0.1) is 5.10 Å². The van der Waals surface area contributed by atoms with Crippen molar-refractivity contribution in [3.63, 3.8) is 0 Å². The van der Waals surface area contributed by atoms with Gasteiger partial charge in [-0.05, 0) is 12.3 Å². The number of aryl methyl sites for hydroxylation is 1. The highest BCUT2D eigenvalue weighted by molar-refractivity contribution is 5.90. The minimum absolute atomic E-state index is 0.0481. The molecule has 4 N–H and O–H groups in total. The Labute approximate surface area is 101 Å². The third-order valence-corrected chi connectivity index (χ3v) is 2.58. The number of carbonyl (C=O) groups is 1. The van der Waals surface area contributed by atoms with E-state index in [-0.39, 0.29) is 17.8 Å². The lowest BCUT2D eigenvalue weighted by Crippen LogP contribution is -2.40. The average molecular weight is 239 g/mol. The maximum Gasteiger partial charge on any atom is 0.291 e.